The first-order chi connectivity index (χ1) is 6.70. The lowest BCUT2D eigenvalue weighted by Gasteiger charge is -2.27. The molecule has 1 saturated heterocycles. The third kappa shape index (κ3) is 4.09. The highest BCUT2D eigenvalue weighted by molar-refractivity contribution is 5.72. The number of hydrogen-bond donors (Lipinski definition) is 0. The molecular weight excluding hydrogens is 176 g/mol. The maximum Gasteiger partial charge on any atom is 0.219 e. The second kappa shape index (κ2) is 6.02. The lowest BCUT2D eigenvalue weighted by molar-refractivity contribution is -0.127. The third-order valence-electron chi connectivity index (χ3n) is 2.95. The summed E-state index contributed by atoms with van der Waals surface area (Å²) in [4.78, 5) is 15.2. The smallest absolute Gasteiger partial charge is 0.219 e. The predicted molar refractivity (Wildman–Crippen MR) is 58.2 cm³/mol. The van der Waals surface area contributed by atoms with Crippen LogP contribution in [0, 0.1) is 0 Å². The van der Waals surface area contributed by atoms with Crippen molar-refractivity contribution in [3.8, 4) is 0 Å². The fourth-order valence-electron chi connectivity index (χ4n) is 1.87. The number of carbonyl (C=O) groups excluding carboxylic acids is 1. The Hall–Kier alpha value is -0.570. The SMILES string of the molecule is CC(=O)N(C)CCCN1CCCCC1. The summed E-state index contributed by atoms with van der Waals surface area (Å²) in [6.45, 7) is 6.18. The van der Waals surface area contributed by atoms with Gasteiger partial charge in [-0.3, -0.25) is 4.79 Å². The number of rotatable bonds is 4. The summed E-state index contributed by atoms with van der Waals surface area (Å²) >= 11 is 0. The van der Waals surface area contributed by atoms with E-state index in [4.69, 9.17) is 0 Å². The van der Waals surface area contributed by atoms with E-state index in [0.717, 1.165) is 19.5 Å². The second-order valence-corrected chi connectivity index (χ2v) is 4.20. The summed E-state index contributed by atoms with van der Waals surface area (Å²) in [5.74, 6) is 0.170. The molecule has 0 aromatic rings. The van der Waals surface area contributed by atoms with Crippen molar-refractivity contribution in [2.24, 2.45) is 0 Å². The Balaban J connectivity index is 2.05. The summed E-state index contributed by atoms with van der Waals surface area (Å²) in [5, 5.41) is 0. The van der Waals surface area contributed by atoms with Gasteiger partial charge in [-0.05, 0) is 38.9 Å². The molecule has 0 aromatic carbocycles. The standard InChI is InChI=1S/C11H22N2O/c1-11(14)12(2)7-6-10-13-8-4-3-5-9-13/h3-10H2,1-2H3. The van der Waals surface area contributed by atoms with Gasteiger partial charge in [0.2, 0.25) is 5.91 Å². The van der Waals surface area contributed by atoms with E-state index in [1.54, 1.807) is 11.8 Å². The van der Waals surface area contributed by atoms with Gasteiger partial charge < -0.3 is 9.80 Å². The zero-order valence-corrected chi connectivity index (χ0v) is 9.46. The molecule has 0 N–H and O–H groups in total. The van der Waals surface area contributed by atoms with Crippen molar-refractivity contribution in [1.29, 1.82) is 0 Å². The normalized spacial score (nSPS) is 18.1. The van der Waals surface area contributed by atoms with E-state index in [1.807, 2.05) is 7.05 Å². The fourth-order valence-corrected chi connectivity index (χ4v) is 1.87. The summed E-state index contributed by atoms with van der Waals surface area (Å²) in [5.41, 5.74) is 0. The Morgan fingerprint density at radius 3 is 2.50 bits per heavy atom. The van der Waals surface area contributed by atoms with Gasteiger partial charge in [-0.2, -0.15) is 0 Å². The molecule has 1 heterocycles. The largest absolute Gasteiger partial charge is 0.346 e. The van der Waals surface area contributed by atoms with Crippen molar-refractivity contribution in [3.63, 3.8) is 0 Å². The molecule has 1 fully saturated rings. The minimum absolute atomic E-state index is 0.170. The average molecular weight is 198 g/mol. The van der Waals surface area contributed by atoms with E-state index in [9.17, 15) is 4.79 Å². The summed E-state index contributed by atoms with van der Waals surface area (Å²) in [6, 6.07) is 0. The van der Waals surface area contributed by atoms with Crippen LogP contribution in [-0.2, 0) is 4.79 Å². The minimum atomic E-state index is 0.170. The predicted octanol–water partition coefficient (Wildman–Crippen LogP) is 1.34. The molecule has 1 amide bonds. The number of hydrogen-bond acceptors (Lipinski definition) is 2. The van der Waals surface area contributed by atoms with Crippen LogP contribution in [0.2, 0.25) is 0 Å². The first-order valence-electron chi connectivity index (χ1n) is 5.64. The van der Waals surface area contributed by atoms with Gasteiger partial charge in [-0.1, -0.05) is 6.42 Å². The molecule has 1 aliphatic rings. The quantitative estimate of drug-likeness (QED) is 0.680. The van der Waals surface area contributed by atoms with Crippen molar-refractivity contribution in [2.45, 2.75) is 32.6 Å². The zero-order chi connectivity index (χ0) is 10.4. The van der Waals surface area contributed by atoms with Crippen LogP contribution < -0.4 is 0 Å². The Bertz CT molecular complexity index is 176. The molecule has 0 spiro atoms. The number of amides is 1. The Morgan fingerprint density at radius 2 is 1.93 bits per heavy atom. The van der Waals surface area contributed by atoms with Gasteiger partial charge in [0.05, 0.1) is 0 Å². The van der Waals surface area contributed by atoms with E-state index in [0.29, 0.717) is 0 Å². The summed E-state index contributed by atoms with van der Waals surface area (Å²) in [7, 11) is 1.87. The van der Waals surface area contributed by atoms with Crippen molar-refractivity contribution >= 4 is 5.91 Å². The molecule has 82 valence electrons. The Kier molecular flexibility index (Phi) is 4.94. The monoisotopic (exact) mass is 198 g/mol. The van der Waals surface area contributed by atoms with Crippen molar-refractivity contribution in [3.05, 3.63) is 0 Å². The van der Waals surface area contributed by atoms with E-state index in [1.165, 1.54) is 32.4 Å². The Morgan fingerprint density at radius 1 is 1.29 bits per heavy atom. The molecule has 14 heavy (non-hydrogen) atoms. The van der Waals surface area contributed by atoms with Gasteiger partial charge in [0.15, 0.2) is 0 Å². The number of piperidine rings is 1. The first-order valence-corrected chi connectivity index (χ1v) is 5.64. The highest BCUT2D eigenvalue weighted by Gasteiger charge is 2.09. The molecule has 1 rings (SSSR count). The second-order valence-electron chi connectivity index (χ2n) is 4.20. The summed E-state index contributed by atoms with van der Waals surface area (Å²) in [6.07, 6.45) is 5.20. The zero-order valence-electron chi connectivity index (χ0n) is 9.46. The van der Waals surface area contributed by atoms with Crippen LogP contribution in [-0.4, -0.2) is 48.9 Å². The number of nitrogens with zero attached hydrogens (tertiary/aromatic N) is 2. The van der Waals surface area contributed by atoms with Crippen LogP contribution >= 0.6 is 0 Å². The first kappa shape index (κ1) is 11.5. The average Bonchev–Trinajstić information content (AvgIpc) is 2.19. The van der Waals surface area contributed by atoms with E-state index in [2.05, 4.69) is 4.90 Å². The molecule has 0 bridgehead atoms. The van der Waals surface area contributed by atoms with Crippen LogP contribution in [0.25, 0.3) is 0 Å². The number of likely N-dealkylation sites (tertiary alicyclic amines) is 1. The van der Waals surface area contributed by atoms with Gasteiger partial charge in [0, 0.05) is 20.5 Å². The molecule has 0 radical (unpaired) electrons. The molecule has 3 heteroatoms. The van der Waals surface area contributed by atoms with Crippen molar-refractivity contribution in [2.75, 3.05) is 33.2 Å². The molecule has 0 atom stereocenters. The van der Waals surface area contributed by atoms with E-state index in [-0.39, 0.29) is 5.91 Å². The van der Waals surface area contributed by atoms with Gasteiger partial charge in [-0.25, -0.2) is 0 Å². The molecule has 0 unspecified atom stereocenters. The lowest BCUT2D eigenvalue weighted by atomic mass is 10.1. The van der Waals surface area contributed by atoms with Gasteiger partial charge in [0.1, 0.15) is 0 Å². The number of carbonyl (C=O) groups is 1. The minimum Gasteiger partial charge on any atom is -0.346 e. The third-order valence-corrected chi connectivity index (χ3v) is 2.95. The maximum absolute atomic E-state index is 10.9. The Labute approximate surface area is 87.1 Å². The molecule has 1 aliphatic heterocycles. The van der Waals surface area contributed by atoms with Crippen LogP contribution in [0.15, 0.2) is 0 Å². The highest BCUT2D eigenvalue weighted by atomic mass is 16.2. The summed E-state index contributed by atoms with van der Waals surface area (Å²) < 4.78 is 0. The molecule has 0 aromatic heterocycles. The topological polar surface area (TPSA) is 23.6 Å². The molecule has 3 nitrogen and oxygen atoms in total. The molecule has 0 saturated carbocycles. The fraction of sp³-hybridized carbons (Fsp3) is 0.909. The molecular formula is C11H22N2O. The lowest BCUT2D eigenvalue weighted by Crippen LogP contribution is -2.33. The van der Waals surface area contributed by atoms with Crippen LogP contribution in [0.1, 0.15) is 32.6 Å². The van der Waals surface area contributed by atoms with E-state index < -0.39 is 0 Å². The highest BCUT2D eigenvalue weighted by Crippen LogP contribution is 2.08. The van der Waals surface area contributed by atoms with Crippen molar-refractivity contribution < 1.29 is 4.79 Å². The van der Waals surface area contributed by atoms with Crippen LogP contribution in [0.5, 0.6) is 0 Å². The van der Waals surface area contributed by atoms with Crippen molar-refractivity contribution in [1.82, 2.24) is 9.80 Å². The molecule has 0 aliphatic carbocycles. The van der Waals surface area contributed by atoms with Crippen LogP contribution in [0.3, 0.4) is 0 Å². The van der Waals surface area contributed by atoms with E-state index >= 15 is 0 Å². The van der Waals surface area contributed by atoms with Gasteiger partial charge in [0.25, 0.3) is 0 Å². The maximum atomic E-state index is 10.9. The van der Waals surface area contributed by atoms with Gasteiger partial charge in [-0.15, -0.1) is 0 Å². The van der Waals surface area contributed by atoms with Gasteiger partial charge >= 0.3 is 0 Å². The van der Waals surface area contributed by atoms with Crippen LogP contribution in [0.4, 0.5) is 0 Å².